The largest absolute Gasteiger partial charge is 0.504 e. The van der Waals surface area contributed by atoms with E-state index in [9.17, 15) is 15.0 Å². The lowest BCUT2D eigenvalue weighted by Gasteiger charge is -2.08. The van der Waals surface area contributed by atoms with Crippen molar-refractivity contribution < 1.29 is 19.7 Å². The minimum atomic E-state index is -0.352. The Hall–Kier alpha value is -2.78. The highest BCUT2D eigenvalue weighted by Gasteiger charge is 2.12. The SMILES string of the molecule is COc1ccc(Br)c(C(=O)NNc2nc(-c3ccc(O)c(O)c3)cs2)c1. The van der Waals surface area contributed by atoms with Gasteiger partial charge in [0.1, 0.15) is 5.75 Å². The summed E-state index contributed by atoms with van der Waals surface area (Å²) in [6, 6.07) is 9.54. The van der Waals surface area contributed by atoms with Crippen molar-refractivity contribution in [1.82, 2.24) is 10.4 Å². The highest BCUT2D eigenvalue weighted by molar-refractivity contribution is 9.10. The van der Waals surface area contributed by atoms with Gasteiger partial charge < -0.3 is 14.9 Å². The molecule has 0 aliphatic carbocycles. The smallest absolute Gasteiger partial charge is 0.270 e. The topological polar surface area (TPSA) is 104 Å². The van der Waals surface area contributed by atoms with Crippen molar-refractivity contribution in [1.29, 1.82) is 0 Å². The molecule has 26 heavy (non-hydrogen) atoms. The van der Waals surface area contributed by atoms with Crippen LogP contribution in [0.2, 0.25) is 0 Å². The Morgan fingerprint density at radius 2 is 2.00 bits per heavy atom. The molecular weight excluding hydrogens is 422 g/mol. The number of benzene rings is 2. The molecule has 0 unspecified atom stereocenters. The van der Waals surface area contributed by atoms with Crippen LogP contribution < -0.4 is 15.6 Å². The zero-order chi connectivity index (χ0) is 18.7. The minimum absolute atomic E-state index is 0.196. The molecule has 0 saturated heterocycles. The maximum atomic E-state index is 12.3. The lowest BCUT2D eigenvalue weighted by Crippen LogP contribution is -2.29. The molecule has 1 heterocycles. The van der Waals surface area contributed by atoms with Gasteiger partial charge in [-0.3, -0.25) is 15.6 Å². The number of nitrogens with one attached hydrogen (secondary N) is 2. The van der Waals surface area contributed by atoms with E-state index in [0.29, 0.717) is 32.2 Å². The Labute approximate surface area is 161 Å². The molecule has 0 bridgehead atoms. The predicted octanol–water partition coefficient (Wildman–Crippen LogP) is 3.75. The number of aromatic hydroxyl groups is 2. The summed E-state index contributed by atoms with van der Waals surface area (Å²) in [5, 5.41) is 21.2. The third-order valence-corrected chi connectivity index (χ3v) is 4.93. The number of rotatable bonds is 5. The zero-order valence-electron chi connectivity index (χ0n) is 13.5. The van der Waals surface area contributed by atoms with E-state index in [1.165, 1.54) is 30.6 Å². The number of thiazole rings is 1. The van der Waals surface area contributed by atoms with E-state index in [4.69, 9.17) is 4.74 Å². The van der Waals surface area contributed by atoms with Crippen LogP contribution in [0.5, 0.6) is 17.2 Å². The number of carbonyl (C=O) groups is 1. The molecular formula is C17H14BrN3O4S. The number of aromatic nitrogens is 1. The second-order valence-corrected chi connectivity index (χ2v) is 6.88. The normalized spacial score (nSPS) is 10.4. The number of nitrogens with zero attached hydrogens (tertiary/aromatic N) is 1. The first-order chi connectivity index (χ1) is 12.5. The third-order valence-electron chi connectivity index (χ3n) is 3.48. The van der Waals surface area contributed by atoms with Gasteiger partial charge in [-0.2, -0.15) is 0 Å². The summed E-state index contributed by atoms with van der Waals surface area (Å²) in [5.41, 5.74) is 7.00. The number of amides is 1. The number of phenolic OH excluding ortho intramolecular Hbond substituents is 2. The number of hydrazine groups is 1. The van der Waals surface area contributed by atoms with Crippen molar-refractivity contribution >= 4 is 38.3 Å². The van der Waals surface area contributed by atoms with Gasteiger partial charge in [-0.05, 0) is 52.3 Å². The van der Waals surface area contributed by atoms with Crippen LogP contribution in [0, 0.1) is 0 Å². The quantitative estimate of drug-likeness (QED) is 0.359. The molecule has 134 valence electrons. The van der Waals surface area contributed by atoms with Gasteiger partial charge in [0.05, 0.1) is 18.4 Å². The van der Waals surface area contributed by atoms with Crippen LogP contribution in [0.25, 0.3) is 11.3 Å². The monoisotopic (exact) mass is 435 g/mol. The van der Waals surface area contributed by atoms with Crippen molar-refractivity contribution in [3.05, 3.63) is 51.8 Å². The van der Waals surface area contributed by atoms with Gasteiger partial charge in [0.2, 0.25) is 5.13 Å². The highest BCUT2D eigenvalue weighted by Crippen LogP contribution is 2.32. The van der Waals surface area contributed by atoms with Crippen molar-refractivity contribution in [2.24, 2.45) is 0 Å². The fourth-order valence-corrected chi connectivity index (χ4v) is 3.23. The first kappa shape index (κ1) is 18.0. The molecule has 0 fully saturated rings. The number of methoxy groups -OCH3 is 1. The first-order valence-corrected chi connectivity index (χ1v) is 9.03. The van der Waals surface area contributed by atoms with E-state index in [-0.39, 0.29) is 17.4 Å². The van der Waals surface area contributed by atoms with Gasteiger partial charge in [0, 0.05) is 15.4 Å². The summed E-state index contributed by atoms with van der Waals surface area (Å²) in [5.74, 6) is -0.198. The third kappa shape index (κ3) is 3.89. The molecule has 0 spiro atoms. The zero-order valence-corrected chi connectivity index (χ0v) is 15.9. The van der Waals surface area contributed by atoms with Crippen molar-refractivity contribution in [3.8, 4) is 28.5 Å². The number of hydrogen-bond donors (Lipinski definition) is 4. The maximum absolute atomic E-state index is 12.3. The predicted molar refractivity (Wildman–Crippen MR) is 103 cm³/mol. The molecule has 0 saturated carbocycles. The number of hydrogen-bond acceptors (Lipinski definition) is 7. The summed E-state index contributed by atoms with van der Waals surface area (Å²) >= 11 is 4.62. The number of phenols is 2. The van der Waals surface area contributed by atoms with Gasteiger partial charge in [-0.1, -0.05) is 0 Å². The second kappa shape index (κ2) is 7.63. The molecule has 3 aromatic rings. The molecule has 0 aliphatic heterocycles. The van der Waals surface area contributed by atoms with Crippen LogP contribution in [0.15, 0.2) is 46.3 Å². The van der Waals surface area contributed by atoms with Crippen LogP contribution in [0.3, 0.4) is 0 Å². The summed E-state index contributed by atoms with van der Waals surface area (Å²) in [7, 11) is 1.53. The van der Waals surface area contributed by atoms with E-state index in [1.54, 1.807) is 29.6 Å². The molecule has 0 atom stereocenters. The molecule has 0 aliphatic rings. The molecule has 4 N–H and O–H groups in total. The lowest BCUT2D eigenvalue weighted by molar-refractivity contribution is 0.0961. The van der Waals surface area contributed by atoms with Crippen LogP contribution in [-0.4, -0.2) is 28.2 Å². The Balaban J connectivity index is 1.70. The van der Waals surface area contributed by atoms with Crippen molar-refractivity contribution in [3.63, 3.8) is 0 Å². The molecule has 0 radical (unpaired) electrons. The number of carbonyl (C=O) groups excluding carboxylic acids is 1. The maximum Gasteiger partial charge on any atom is 0.270 e. The molecule has 9 heteroatoms. The average Bonchev–Trinajstić information content (AvgIpc) is 3.11. The summed E-state index contributed by atoms with van der Waals surface area (Å²) in [6.45, 7) is 0. The molecule has 2 aromatic carbocycles. The Morgan fingerprint density at radius 3 is 2.73 bits per heavy atom. The van der Waals surface area contributed by atoms with Crippen molar-refractivity contribution in [2.45, 2.75) is 0 Å². The summed E-state index contributed by atoms with van der Waals surface area (Å²) in [6.07, 6.45) is 0. The van der Waals surface area contributed by atoms with E-state index in [0.717, 1.165) is 0 Å². The first-order valence-electron chi connectivity index (χ1n) is 7.35. The highest BCUT2D eigenvalue weighted by atomic mass is 79.9. The van der Waals surface area contributed by atoms with E-state index < -0.39 is 0 Å². The van der Waals surface area contributed by atoms with Crippen LogP contribution in [0.4, 0.5) is 5.13 Å². The number of ether oxygens (including phenoxy) is 1. The second-order valence-electron chi connectivity index (χ2n) is 5.17. The number of anilines is 1. The van der Waals surface area contributed by atoms with Crippen LogP contribution in [0.1, 0.15) is 10.4 Å². The summed E-state index contributed by atoms with van der Waals surface area (Å²) < 4.78 is 5.76. The van der Waals surface area contributed by atoms with Gasteiger partial charge in [0.15, 0.2) is 11.5 Å². The van der Waals surface area contributed by atoms with E-state index in [1.807, 2.05) is 0 Å². The Bertz CT molecular complexity index is 961. The van der Waals surface area contributed by atoms with E-state index in [2.05, 4.69) is 31.8 Å². The molecule has 3 rings (SSSR count). The Kier molecular flexibility index (Phi) is 5.29. The van der Waals surface area contributed by atoms with Crippen molar-refractivity contribution in [2.75, 3.05) is 12.5 Å². The fraction of sp³-hybridized carbons (Fsp3) is 0.0588. The van der Waals surface area contributed by atoms with Gasteiger partial charge in [0.25, 0.3) is 5.91 Å². The van der Waals surface area contributed by atoms with Gasteiger partial charge in [-0.15, -0.1) is 11.3 Å². The average molecular weight is 436 g/mol. The van der Waals surface area contributed by atoms with Gasteiger partial charge >= 0.3 is 0 Å². The molecule has 7 nitrogen and oxygen atoms in total. The van der Waals surface area contributed by atoms with Crippen LogP contribution in [-0.2, 0) is 0 Å². The van der Waals surface area contributed by atoms with Crippen LogP contribution >= 0.6 is 27.3 Å². The Morgan fingerprint density at radius 1 is 1.19 bits per heavy atom. The summed E-state index contributed by atoms with van der Waals surface area (Å²) in [4.78, 5) is 16.7. The minimum Gasteiger partial charge on any atom is -0.504 e. The molecule has 1 amide bonds. The number of halogens is 1. The molecule has 1 aromatic heterocycles. The fourth-order valence-electron chi connectivity index (χ4n) is 2.13. The van der Waals surface area contributed by atoms with Gasteiger partial charge in [-0.25, -0.2) is 4.98 Å². The lowest BCUT2D eigenvalue weighted by atomic mass is 10.1. The standard InChI is InChI=1S/C17H14BrN3O4S/c1-25-10-3-4-12(18)11(7-10)16(24)20-21-17-19-13(8-26-17)9-2-5-14(22)15(23)6-9/h2-8,22-23H,1H3,(H,19,21)(H,20,24). The van der Waals surface area contributed by atoms with E-state index >= 15 is 0 Å².